The number of H-pyrrole nitrogens is 2. The number of hydrogen-bond donors (Lipinski definition) is 2. The zero-order valence-electron chi connectivity index (χ0n) is 19.2. The topological polar surface area (TPSA) is 98.3 Å². The van der Waals surface area contributed by atoms with Gasteiger partial charge in [0, 0.05) is 18.2 Å². The molecule has 2 N–H and O–H groups in total. The Labute approximate surface area is 190 Å². The zero-order valence-corrected chi connectivity index (χ0v) is 19.2. The first-order valence-corrected chi connectivity index (χ1v) is 10.8. The fourth-order valence-corrected chi connectivity index (χ4v) is 3.84. The van der Waals surface area contributed by atoms with Crippen molar-refractivity contribution in [1.29, 1.82) is 0 Å². The van der Waals surface area contributed by atoms with Gasteiger partial charge >= 0.3 is 5.69 Å². The summed E-state index contributed by atoms with van der Waals surface area (Å²) in [5, 5.41) is 0.402. The van der Waals surface area contributed by atoms with Crippen LogP contribution in [0, 0.1) is 0 Å². The monoisotopic (exact) mass is 449 g/mol. The number of fused-ring (bicyclic) bond motifs is 1. The molecule has 2 aromatic heterocycles. The van der Waals surface area contributed by atoms with Gasteiger partial charge in [-0.2, -0.15) is 0 Å². The molecule has 2 heterocycles. The number of benzene rings is 2. The number of aryl methyl sites for hydroxylation is 1. The molecule has 172 valence electrons. The molecule has 0 unspecified atom stereocenters. The average molecular weight is 450 g/mol. The van der Waals surface area contributed by atoms with Crippen LogP contribution in [0.15, 0.2) is 52.1 Å². The molecule has 4 aromatic rings. The van der Waals surface area contributed by atoms with Crippen molar-refractivity contribution >= 4 is 11.0 Å². The number of methoxy groups -OCH3 is 2. The van der Waals surface area contributed by atoms with Crippen LogP contribution in [-0.2, 0) is 7.05 Å². The molecule has 2 aromatic carbocycles. The lowest BCUT2D eigenvalue weighted by molar-refractivity contribution is 0.288. The molecule has 8 heteroatoms. The minimum atomic E-state index is -0.487. The van der Waals surface area contributed by atoms with Crippen LogP contribution in [0.3, 0.4) is 0 Å². The molecule has 0 aliphatic heterocycles. The molecule has 4 rings (SSSR count). The molecule has 0 saturated heterocycles. The number of aromatic nitrogens is 3. The molecule has 0 aliphatic rings. The second kappa shape index (κ2) is 9.28. The summed E-state index contributed by atoms with van der Waals surface area (Å²) in [5.74, 6) is 1.95. The van der Waals surface area contributed by atoms with Crippen LogP contribution < -0.4 is 25.5 Å². The van der Waals surface area contributed by atoms with E-state index in [1.54, 1.807) is 21.3 Å². The molecule has 33 heavy (non-hydrogen) atoms. The highest BCUT2D eigenvalue weighted by molar-refractivity contribution is 6.02. The molecule has 0 saturated carbocycles. The number of nitrogens with zero attached hydrogens (tertiary/aromatic N) is 1. The highest BCUT2D eigenvalue weighted by Gasteiger charge is 2.21. The van der Waals surface area contributed by atoms with Gasteiger partial charge in [-0.15, -0.1) is 0 Å². The van der Waals surface area contributed by atoms with Crippen molar-refractivity contribution in [2.75, 3.05) is 20.8 Å². The third-order valence-corrected chi connectivity index (χ3v) is 5.65. The number of nitrogens with one attached hydrogen (secondary N) is 2. The standard InChI is InChI=1S/C25H27N3O5/c1-5-6-13-33-18-12-9-16(14-19(18)32-4)22-20(15-7-10-17(31-3)11-8-15)21-23(26-22)28(2)25(30)27-24(21)29/h7-12,14,26H,5-6,13H2,1-4H3,(H,27,29,30). The van der Waals surface area contributed by atoms with E-state index in [1.807, 2.05) is 42.5 Å². The van der Waals surface area contributed by atoms with E-state index in [4.69, 9.17) is 14.2 Å². The number of ether oxygens (including phenoxy) is 3. The minimum absolute atomic E-state index is 0.402. The Morgan fingerprint density at radius 1 is 0.909 bits per heavy atom. The van der Waals surface area contributed by atoms with Crippen LogP contribution in [0.25, 0.3) is 33.4 Å². The van der Waals surface area contributed by atoms with Crippen LogP contribution in [0.5, 0.6) is 17.2 Å². The molecule has 0 atom stereocenters. The Kier molecular flexibility index (Phi) is 6.26. The SMILES string of the molecule is CCCCOc1ccc(-c2[nH]c3c(c2-c2ccc(OC)cc2)c(=O)[nH]c(=O)n3C)cc1OC. The largest absolute Gasteiger partial charge is 0.497 e. The summed E-state index contributed by atoms with van der Waals surface area (Å²) in [4.78, 5) is 30.8. The summed E-state index contributed by atoms with van der Waals surface area (Å²) >= 11 is 0. The summed E-state index contributed by atoms with van der Waals surface area (Å²) in [6.45, 7) is 2.71. The molecule has 0 amide bonds. The van der Waals surface area contributed by atoms with Gasteiger partial charge in [-0.05, 0) is 42.3 Å². The van der Waals surface area contributed by atoms with Crippen LogP contribution >= 0.6 is 0 Å². The van der Waals surface area contributed by atoms with E-state index in [9.17, 15) is 9.59 Å². The second-order valence-electron chi connectivity index (χ2n) is 7.71. The zero-order chi connectivity index (χ0) is 23.5. The molecule has 0 spiro atoms. The van der Waals surface area contributed by atoms with Gasteiger partial charge in [-0.3, -0.25) is 14.3 Å². The van der Waals surface area contributed by atoms with Crippen LogP contribution in [0.4, 0.5) is 0 Å². The first-order valence-electron chi connectivity index (χ1n) is 10.8. The highest BCUT2D eigenvalue weighted by atomic mass is 16.5. The first-order chi connectivity index (χ1) is 16.0. The van der Waals surface area contributed by atoms with Crippen molar-refractivity contribution in [3.63, 3.8) is 0 Å². The maximum Gasteiger partial charge on any atom is 0.329 e. The Hall–Kier alpha value is -3.94. The molecule has 0 radical (unpaired) electrons. The second-order valence-corrected chi connectivity index (χ2v) is 7.71. The first kappa shape index (κ1) is 22.3. The normalized spacial score (nSPS) is 11.0. The predicted octanol–water partition coefficient (Wildman–Crippen LogP) is 4.09. The number of aromatic amines is 2. The fraction of sp³-hybridized carbons (Fsp3) is 0.280. The summed E-state index contributed by atoms with van der Waals surface area (Å²) < 4.78 is 18.1. The molecule has 0 aliphatic carbocycles. The van der Waals surface area contributed by atoms with Crippen molar-refractivity contribution in [3.8, 4) is 39.6 Å². The Morgan fingerprint density at radius 3 is 2.30 bits per heavy atom. The van der Waals surface area contributed by atoms with E-state index < -0.39 is 11.2 Å². The Bertz CT molecular complexity index is 1400. The Balaban J connectivity index is 1.95. The smallest absolute Gasteiger partial charge is 0.329 e. The third-order valence-electron chi connectivity index (χ3n) is 5.65. The van der Waals surface area contributed by atoms with E-state index in [0.29, 0.717) is 46.1 Å². The molecule has 8 nitrogen and oxygen atoms in total. The van der Waals surface area contributed by atoms with Gasteiger partial charge in [0.15, 0.2) is 11.5 Å². The van der Waals surface area contributed by atoms with Gasteiger partial charge in [0.1, 0.15) is 11.4 Å². The van der Waals surface area contributed by atoms with Gasteiger partial charge in [0.2, 0.25) is 0 Å². The van der Waals surface area contributed by atoms with Crippen LogP contribution in [0.2, 0.25) is 0 Å². The summed E-state index contributed by atoms with van der Waals surface area (Å²) in [6.07, 6.45) is 1.99. The third kappa shape index (κ3) is 4.11. The fourth-order valence-electron chi connectivity index (χ4n) is 3.84. The highest BCUT2D eigenvalue weighted by Crippen LogP contribution is 2.40. The Morgan fingerprint density at radius 2 is 1.64 bits per heavy atom. The lowest BCUT2D eigenvalue weighted by atomic mass is 9.99. The van der Waals surface area contributed by atoms with Gasteiger partial charge < -0.3 is 19.2 Å². The molecular weight excluding hydrogens is 422 g/mol. The average Bonchev–Trinajstić information content (AvgIpc) is 3.24. The summed E-state index contributed by atoms with van der Waals surface area (Å²) in [7, 11) is 4.81. The number of hydrogen-bond acceptors (Lipinski definition) is 5. The van der Waals surface area contributed by atoms with E-state index in [2.05, 4.69) is 16.9 Å². The van der Waals surface area contributed by atoms with E-state index >= 15 is 0 Å². The minimum Gasteiger partial charge on any atom is -0.497 e. The summed E-state index contributed by atoms with van der Waals surface area (Å²) in [5.41, 5.74) is 2.48. The van der Waals surface area contributed by atoms with E-state index in [-0.39, 0.29) is 0 Å². The maximum atomic E-state index is 12.9. The summed E-state index contributed by atoms with van der Waals surface area (Å²) in [6, 6.07) is 13.1. The van der Waals surface area contributed by atoms with Gasteiger partial charge in [-0.1, -0.05) is 25.5 Å². The van der Waals surface area contributed by atoms with Crippen molar-refractivity contribution in [1.82, 2.24) is 14.5 Å². The molecule has 0 fully saturated rings. The predicted molar refractivity (Wildman–Crippen MR) is 129 cm³/mol. The van der Waals surface area contributed by atoms with Crippen molar-refractivity contribution in [2.24, 2.45) is 7.05 Å². The van der Waals surface area contributed by atoms with Crippen molar-refractivity contribution in [3.05, 3.63) is 63.3 Å². The van der Waals surface area contributed by atoms with E-state index in [0.717, 1.165) is 24.0 Å². The maximum absolute atomic E-state index is 12.9. The lowest BCUT2D eigenvalue weighted by Crippen LogP contribution is -2.28. The van der Waals surface area contributed by atoms with Crippen molar-refractivity contribution < 1.29 is 14.2 Å². The molecule has 0 bridgehead atoms. The number of unbranched alkanes of at least 4 members (excludes halogenated alkanes) is 1. The van der Waals surface area contributed by atoms with Gasteiger partial charge in [0.25, 0.3) is 5.56 Å². The van der Waals surface area contributed by atoms with Crippen LogP contribution in [0.1, 0.15) is 19.8 Å². The number of rotatable bonds is 8. The van der Waals surface area contributed by atoms with Gasteiger partial charge in [0.05, 0.1) is 31.9 Å². The van der Waals surface area contributed by atoms with Crippen molar-refractivity contribution in [2.45, 2.75) is 19.8 Å². The quantitative estimate of drug-likeness (QED) is 0.395. The molecular formula is C25H27N3O5. The van der Waals surface area contributed by atoms with Gasteiger partial charge in [-0.25, -0.2) is 4.79 Å². The van der Waals surface area contributed by atoms with E-state index in [1.165, 1.54) is 4.57 Å². The van der Waals surface area contributed by atoms with Crippen LogP contribution in [-0.4, -0.2) is 35.4 Å². The lowest BCUT2D eigenvalue weighted by Gasteiger charge is -2.13.